The molecule has 1 radical (unpaired) electrons. The lowest BCUT2D eigenvalue weighted by molar-refractivity contribution is 0.720. The third-order valence-electron chi connectivity index (χ3n) is 1.22. The largest absolute Gasteiger partial charge is 0.137 e. The maximum Gasteiger partial charge on any atom is 0.0850 e. The first-order valence-electron chi connectivity index (χ1n) is 3.23. The third kappa shape index (κ3) is 1.83. The highest BCUT2D eigenvalue weighted by molar-refractivity contribution is 4.98. The Labute approximate surface area is 54.8 Å². The molecule has 0 aromatic carbocycles. The van der Waals surface area contributed by atoms with E-state index in [0.717, 1.165) is 12.1 Å². The minimum absolute atomic E-state index is 1.01. The highest BCUT2D eigenvalue weighted by atomic mass is 15.4. The van der Waals surface area contributed by atoms with Crippen molar-refractivity contribution in [1.29, 1.82) is 0 Å². The van der Waals surface area contributed by atoms with Crippen LogP contribution in [0.15, 0.2) is 22.2 Å². The molecule has 0 aliphatic carbocycles. The van der Waals surface area contributed by atoms with Gasteiger partial charge in [0, 0.05) is 0 Å². The van der Waals surface area contributed by atoms with Gasteiger partial charge in [-0.2, -0.15) is 0 Å². The Kier molecular flexibility index (Phi) is 2.24. The van der Waals surface area contributed by atoms with E-state index in [1.807, 2.05) is 0 Å². The standard InChI is InChI=1S/C6H10N3/c1-2-3-4-6-5-7-9-8-6/h5H,2-4H2,1H3. The number of nitrogens with zero attached hydrogens (tertiary/aromatic N) is 3. The molecule has 0 aromatic heterocycles. The van der Waals surface area contributed by atoms with Gasteiger partial charge in [-0.3, -0.25) is 0 Å². The van der Waals surface area contributed by atoms with Gasteiger partial charge in [0.25, 0.3) is 0 Å². The van der Waals surface area contributed by atoms with Crippen LogP contribution in [0.1, 0.15) is 26.2 Å². The van der Waals surface area contributed by atoms with Crippen LogP contribution in [0.3, 0.4) is 0 Å². The van der Waals surface area contributed by atoms with Gasteiger partial charge in [0.05, 0.1) is 11.9 Å². The predicted molar refractivity (Wildman–Crippen MR) is 34.6 cm³/mol. The fourth-order valence-electron chi connectivity index (χ4n) is 0.674. The molecule has 3 heteroatoms. The lowest BCUT2D eigenvalue weighted by Crippen LogP contribution is -1.90. The van der Waals surface area contributed by atoms with Gasteiger partial charge in [0.2, 0.25) is 0 Å². The maximum absolute atomic E-state index is 3.79. The minimum Gasteiger partial charge on any atom is -0.137 e. The van der Waals surface area contributed by atoms with E-state index in [9.17, 15) is 0 Å². The quantitative estimate of drug-likeness (QED) is 0.552. The Morgan fingerprint density at radius 2 is 2.44 bits per heavy atom. The fourth-order valence-corrected chi connectivity index (χ4v) is 0.674. The van der Waals surface area contributed by atoms with Crippen LogP contribution in [-0.2, 0) is 0 Å². The Morgan fingerprint density at radius 1 is 1.56 bits per heavy atom. The van der Waals surface area contributed by atoms with Gasteiger partial charge in [-0.05, 0) is 18.1 Å². The van der Waals surface area contributed by atoms with Crippen LogP contribution in [-0.4, -0.2) is 0 Å². The SMILES string of the molecule is CCCCC1=CN=N[N]1. The van der Waals surface area contributed by atoms with E-state index >= 15 is 0 Å². The summed E-state index contributed by atoms with van der Waals surface area (Å²) >= 11 is 0. The second kappa shape index (κ2) is 3.22. The Morgan fingerprint density at radius 3 is 3.00 bits per heavy atom. The van der Waals surface area contributed by atoms with Crippen LogP contribution in [0.4, 0.5) is 0 Å². The van der Waals surface area contributed by atoms with Crippen molar-refractivity contribution in [2.45, 2.75) is 26.2 Å². The van der Waals surface area contributed by atoms with Crippen molar-refractivity contribution in [1.82, 2.24) is 5.43 Å². The smallest absolute Gasteiger partial charge is 0.0850 e. The topological polar surface area (TPSA) is 38.8 Å². The molecule has 0 bridgehead atoms. The Bertz CT molecular complexity index is 137. The summed E-state index contributed by atoms with van der Waals surface area (Å²) in [6.45, 7) is 2.16. The van der Waals surface area contributed by atoms with Gasteiger partial charge in [0.1, 0.15) is 0 Å². The van der Waals surface area contributed by atoms with E-state index in [1.165, 1.54) is 12.8 Å². The molecule has 0 saturated carbocycles. The molecule has 1 aliphatic rings. The van der Waals surface area contributed by atoms with Gasteiger partial charge < -0.3 is 0 Å². The van der Waals surface area contributed by atoms with Crippen LogP contribution < -0.4 is 5.43 Å². The molecule has 0 N–H and O–H groups in total. The molecule has 9 heavy (non-hydrogen) atoms. The summed E-state index contributed by atoms with van der Waals surface area (Å²) in [4.78, 5) is 0. The third-order valence-corrected chi connectivity index (χ3v) is 1.22. The molecule has 3 nitrogen and oxygen atoms in total. The molecule has 49 valence electrons. The van der Waals surface area contributed by atoms with E-state index < -0.39 is 0 Å². The molecule has 1 aliphatic heterocycles. The first kappa shape index (κ1) is 6.26. The molecular formula is C6H10N3. The van der Waals surface area contributed by atoms with E-state index in [-0.39, 0.29) is 0 Å². The molecule has 0 amide bonds. The van der Waals surface area contributed by atoms with Crippen molar-refractivity contribution in [3.63, 3.8) is 0 Å². The van der Waals surface area contributed by atoms with Crippen LogP contribution in [0.25, 0.3) is 0 Å². The second-order valence-corrected chi connectivity index (χ2v) is 2.03. The summed E-state index contributed by atoms with van der Waals surface area (Å²) in [5.74, 6) is 0. The molecular weight excluding hydrogens is 114 g/mol. The van der Waals surface area contributed by atoms with Crippen LogP contribution >= 0.6 is 0 Å². The average molecular weight is 124 g/mol. The highest BCUT2D eigenvalue weighted by Gasteiger charge is 2.00. The van der Waals surface area contributed by atoms with Crippen molar-refractivity contribution >= 4 is 0 Å². The van der Waals surface area contributed by atoms with Gasteiger partial charge >= 0.3 is 0 Å². The van der Waals surface area contributed by atoms with Crippen LogP contribution in [0.2, 0.25) is 0 Å². The van der Waals surface area contributed by atoms with Crippen LogP contribution in [0, 0.1) is 0 Å². The zero-order valence-corrected chi connectivity index (χ0v) is 5.54. The molecule has 1 heterocycles. The van der Waals surface area contributed by atoms with E-state index in [0.29, 0.717) is 0 Å². The van der Waals surface area contributed by atoms with Crippen molar-refractivity contribution < 1.29 is 0 Å². The van der Waals surface area contributed by atoms with E-state index in [2.05, 4.69) is 22.7 Å². The maximum atomic E-state index is 3.79. The van der Waals surface area contributed by atoms with Gasteiger partial charge in [-0.1, -0.05) is 13.3 Å². The zero-order chi connectivity index (χ0) is 6.53. The molecule has 0 saturated heterocycles. The summed E-state index contributed by atoms with van der Waals surface area (Å²) in [5, 5.41) is 7.09. The van der Waals surface area contributed by atoms with Gasteiger partial charge in [-0.15, -0.1) is 10.5 Å². The van der Waals surface area contributed by atoms with E-state index in [4.69, 9.17) is 0 Å². The van der Waals surface area contributed by atoms with Crippen molar-refractivity contribution in [3.05, 3.63) is 11.9 Å². The van der Waals surface area contributed by atoms with Gasteiger partial charge in [-0.25, -0.2) is 0 Å². The molecule has 0 fully saturated rings. The number of allylic oxidation sites excluding steroid dienone is 1. The van der Waals surface area contributed by atoms with Crippen molar-refractivity contribution in [2.24, 2.45) is 10.3 Å². The van der Waals surface area contributed by atoms with Crippen molar-refractivity contribution in [3.8, 4) is 0 Å². The zero-order valence-electron chi connectivity index (χ0n) is 5.54. The first-order valence-corrected chi connectivity index (χ1v) is 3.23. The molecule has 0 spiro atoms. The summed E-state index contributed by atoms with van der Waals surface area (Å²) in [5.41, 5.74) is 4.80. The van der Waals surface area contributed by atoms with E-state index in [1.54, 1.807) is 6.20 Å². The minimum atomic E-state index is 1.01. The predicted octanol–water partition coefficient (Wildman–Crippen LogP) is 2.00. The Hall–Kier alpha value is -0.860. The lowest BCUT2D eigenvalue weighted by atomic mass is 10.2. The van der Waals surface area contributed by atoms with Gasteiger partial charge in [0.15, 0.2) is 0 Å². The molecule has 0 unspecified atom stereocenters. The Balaban J connectivity index is 2.14. The summed E-state index contributed by atoms with van der Waals surface area (Å²) in [7, 11) is 0. The van der Waals surface area contributed by atoms with Crippen molar-refractivity contribution in [2.75, 3.05) is 0 Å². The second-order valence-electron chi connectivity index (χ2n) is 2.03. The van der Waals surface area contributed by atoms with Crippen LogP contribution in [0.5, 0.6) is 0 Å². The number of hydrogen-bond acceptors (Lipinski definition) is 2. The lowest BCUT2D eigenvalue weighted by Gasteiger charge is -1.93. The number of unbranched alkanes of at least 4 members (excludes halogenated alkanes) is 1. The summed E-state index contributed by atoms with van der Waals surface area (Å²) in [6, 6.07) is 0. The number of hydrogen-bond donors (Lipinski definition) is 0. The normalized spacial score (nSPS) is 15.4. The monoisotopic (exact) mass is 124 g/mol. The summed E-state index contributed by atoms with van der Waals surface area (Å²) < 4.78 is 0. The molecule has 0 atom stereocenters. The first-order chi connectivity index (χ1) is 4.43. The molecule has 0 aromatic rings. The number of rotatable bonds is 3. The average Bonchev–Trinajstić information content (AvgIpc) is 2.34. The molecule has 1 rings (SSSR count). The fraction of sp³-hybridized carbons (Fsp3) is 0.667. The highest BCUT2D eigenvalue weighted by Crippen LogP contribution is 2.09. The summed E-state index contributed by atoms with van der Waals surface area (Å²) in [6.07, 6.45) is 5.12.